The quantitative estimate of drug-likeness (QED) is 0.369. The van der Waals surface area contributed by atoms with Crippen molar-refractivity contribution in [1.29, 1.82) is 0 Å². The summed E-state index contributed by atoms with van der Waals surface area (Å²) < 4.78 is 10.6. The fraction of sp³-hybridized carbons (Fsp3) is 0.381. The van der Waals surface area contributed by atoms with Crippen LogP contribution in [0, 0.1) is 16.0 Å². The van der Waals surface area contributed by atoms with E-state index in [0.29, 0.717) is 66.0 Å². The van der Waals surface area contributed by atoms with Crippen LogP contribution < -0.4 is 19.7 Å². The van der Waals surface area contributed by atoms with Crippen LogP contribution in [0.5, 0.6) is 11.5 Å². The molecule has 0 bridgehead atoms. The fourth-order valence-electron chi connectivity index (χ4n) is 3.77. The average molecular weight is 474 g/mol. The molecule has 1 aromatic carbocycles. The lowest BCUT2D eigenvalue weighted by Gasteiger charge is -2.30. The summed E-state index contributed by atoms with van der Waals surface area (Å²) in [6.45, 7) is 1.41. The van der Waals surface area contributed by atoms with Crippen molar-refractivity contribution in [1.82, 2.24) is 9.97 Å². The predicted octanol–water partition coefficient (Wildman–Crippen LogP) is 3.53. The number of hydrogen-bond donors (Lipinski definition) is 2. The van der Waals surface area contributed by atoms with Crippen molar-refractivity contribution >= 4 is 44.3 Å². The second-order valence-corrected chi connectivity index (χ2v) is 8.58. The zero-order valence-electron chi connectivity index (χ0n) is 18.1. The minimum atomic E-state index is -0.794. The highest BCUT2D eigenvalue weighted by Gasteiger charge is 2.27. The van der Waals surface area contributed by atoms with Crippen molar-refractivity contribution in [3.05, 3.63) is 39.9 Å². The Labute approximate surface area is 193 Å². The van der Waals surface area contributed by atoms with Gasteiger partial charge < -0.3 is 24.8 Å². The lowest BCUT2D eigenvalue weighted by atomic mass is 9.97. The summed E-state index contributed by atoms with van der Waals surface area (Å²) in [6, 6.07) is 7.01. The molecule has 0 aliphatic carbocycles. The van der Waals surface area contributed by atoms with Crippen LogP contribution in [0.15, 0.2) is 24.3 Å². The molecule has 2 N–H and O–H groups in total. The number of methoxy groups -OCH3 is 2. The molecule has 0 atom stereocenters. The number of rotatable bonds is 8. The third-order valence-corrected chi connectivity index (χ3v) is 6.56. The van der Waals surface area contributed by atoms with Crippen molar-refractivity contribution in [3.63, 3.8) is 0 Å². The topological polar surface area (TPSA) is 140 Å². The molecule has 1 aliphatic rings. The predicted molar refractivity (Wildman–Crippen MR) is 124 cm³/mol. The molecule has 0 spiro atoms. The van der Waals surface area contributed by atoms with Gasteiger partial charge in [-0.05, 0) is 41.9 Å². The van der Waals surface area contributed by atoms with E-state index in [0.717, 1.165) is 16.9 Å². The second-order valence-electron chi connectivity index (χ2n) is 7.58. The van der Waals surface area contributed by atoms with Gasteiger partial charge in [0, 0.05) is 25.7 Å². The van der Waals surface area contributed by atoms with Gasteiger partial charge in [-0.15, -0.1) is 0 Å². The van der Waals surface area contributed by atoms with E-state index >= 15 is 0 Å². The van der Waals surface area contributed by atoms with Crippen molar-refractivity contribution < 1.29 is 24.3 Å². The SMILES string of the molecule is COc1ccc(CNc2nc(N3CCC(C(=O)O)CC3)nc3sc([N+](=O)[O-])cc23)cc1OC. The number of benzene rings is 1. The number of anilines is 2. The molecule has 0 radical (unpaired) electrons. The number of nitrogens with zero attached hydrogens (tertiary/aromatic N) is 4. The number of carboxylic acid groups (broad SMARTS) is 1. The molecule has 0 amide bonds. The van der Waals surface area contributed by atoms with Gasteiger partial charge >= 0.3 is 11.0 Å². The number of aromatic nitrogens is 2. The number of piperidine rings is 1. The summed E-state index contributed by atoms with van der Waals surface area (Å²) in [5.41, 5.74) is 0.910. The number of nitro groups is 1. The molecule has 3 heterocycles. The highest BCUT2D eigenvalue weighted by atomic mass is 32.1. The van der Waals surface area contributed by atoms with Crippen LogP contribution in [0.25, 0.3) is 10.2 Å². The highest BCUT2D eigenvalue weighted by molar-refractivity contribution is 7.21. The number of hydrogen-bond acceptors (Lipinski definition) is 10. The number of carbonyl (C=O) groups is 1. The molecule has 3 aromatic rings. The maximum absolute atomic E-state index is 11.3. The number of thiophene rings is 1. The van der Waals surface area contributed by atoms with Crippen molar-refractivity contribution in [2.24, 2.45) is 5.92 Å². The minimum absolute atomic E-state index is 0.0183. The first-order chi connectivity index (χ1) is 15.9. The second kappa shape index (κ2) is 9.45. The molecule has 174 valence electrons. The maximum Gasteiger partial charge on any atom is 0.326 e. The molecule has 1 saturated heterocycles. The van der Waals surface area contributed by atoms with Crippen LogP contribution in [-0.2, 0) is 11.3 Å². The van der Waals surface area contributed by atoms with Gasteiger partial charge in [0.05, 0.1) is 30.4 Å². The largest absolute Gasteiger partial charge is 0.493 e. The monoisotopic (exact) mass is 473 g/mol. The Hall–Kier alpha value is -3.67. The van der Waals surface area contributed by atoms with E-state index in [4.69, 9.17) is 9.47 Å². The zero-order valence-corrected chi connectivity index (χ0v) is 18.9. The van der Waals surface area contributed by atoms with Gasteiger partial charge in [0.2, 0.25) is 5.95 Å². The first-order valence-corrected chi connectivity index (χ1v) is 11.1. The van der Waals surface area contributed by atoms with Crippen molar-refractivity contribution in [2.75, 3.05) is 37.5 Å². The molecule has 4 rings (SSSR count). The van der Waals surface area contributed by atoms with Crippen LogP contribution in [0.4, 0.5) is 16.8 Å². The van der Waals surface area contributed by atoms with Crippen molar-refractivity contribution in [2.45, 2.75) is 19.4 Å². The third kappa shape index (κ3) is 4.75. The van der Waals surface area contributed by atoms with Gasteiger partial charge in [-0.2, -0.15) is 4.98 Å². The molecular weight excluding hydrogens is 450 g/mol. The van der Waals surface area contributed by atoms with Crippen LogP contribution in [-0.4, -0.2) is 53.3 Å². The van der Waals surface area contributed by atoms with E-state index in [1.165, 1.54) is 6.07 Å². The standard InChI is InChI=1S/C21H23N5O6S/c1-31-15-4-3-12(9-16(15)32-2)11-22-18-14-10-17(26(29)30)33-19(14)24-21(23-18)25-7-5-13(6-8-25)20(27)28/h3-4,9-10,13H,5-8,11H2,1-2H3,(H,27,28)(H,22,23,24). The summed E-state index contributed by atoms with van der Waals surface area (Å²) in [5.74, 6) is 0.948. The summed E-state index contributed by atoms with van der Waals surface area (Å²) in [4.78, 5) is 33.8. The van der Waals surface area contributed by atoms with Gasteiger partial charge in [-0.25, -0.2) is 4.98 Å². The lowest BCUT2D eigenvalue weighted by Crippen LogP contribution is -2.37. The molecule has 11 nitrogen and oxygen atoms in total. The normalized spacial score (nSPS) is 14.3. The van der Waals surface area contributed by atoms with Crippen LogP contribution in [0.3, 0.4) is 0 Å². The molecule has 1 fully saturated rings. The molecule has 0 unspecified atom stereocenters. The molecule has 2 aromatic heterocycles. The van der Waals surface area contributed by atoms with Crippen LogP contribution in [0.2, 0.25) is 0 Å². The first kappa shape index (κ1) is 22.5. The average Bonchev–Trinajstić information content (AvgIpc) is 3.27. The minimum Gasteiger partial charge on any atom is -0.493 e. The summed E-state index contributed by atoms with van der Waals surface area (Å²) in [6.07, 6.45) is 0.992. The summed E-state index contributed by atoms with van der Waals surface area (Å²) in [5, 5.41) is 24.4. The third-order valence-electron chi connectivity index (χ3n) is 5.58. The maximum atomic E-state index is 11.3. The molecule has 1 aliphatic heterocycles. The van der Waals surface area contributed by atoms with Crippen LogP contribution in [0.1, 0.15) is 18.4 Å². The number of nitrogens with one attached hydrogen (secondary N) is 1. The smallest absolute Gasteiger partial charge is 0.326 e. The Morgan fingerprint density at radius 2 is 1.97 bits per heavy atom. The lowest BCUT2D eigenvalue weighted by molar-refractivity contribution is -0.380. The number of ether oxygens (including phenoxy) is 2. The van der Waals surface area contributed by atoms with Gasteiger partial charge in [-0.1, -0.05) is 6.07 Å². The number of aliphatic carboxylic acids is 1. The van der Waals surface area contributed by atoms with Gasteiger partial charge in [0.25, 0.3) is 0 Å². The Balaban J connectivity index is 1.63. The highest BCUT2D eigenvalue weighted by Crippen LogP contribution is 2.36. The number of carboxylic acids is 1. The first-order valence-electron chi connectivity index (χ1n) is 10.3. The zero-order chi connectivity index (χ0) is 23.5. The molecular formula is C21H23N5O6S. The van der Waals surface area contributed by atoms with E-state index < -0.39 is 10.9 Å². The molecule has 33 heavy (non-hydrogen) atoms. The molecule has 0 saturated carbocycles. The fourth-order valence-corrected chi connectivity index (χ4v) is 4.61. The van der Waals surface area contributed by atoms with E-state index in [-0.39, 0.29) is 10.9 Å². The van der Waals surface area contributed by atoms with E-state index in [9.17, 15) is 20.0 Å². The van der Waals surface area contributed by atoms with Crippen LogP contribution >= 0.6 is 11.3 Å². The molecule has 12 heteroatoms. The Kier molecular flexibility index (Phi) is 6.45. The summed E-state index contributed by atoms with van der Waals surface area (Å²) >= 11 is 0.988. The van der Waals surface area contributed by atoms with E-state index in [1.54, 1.807) is 20.3 Å². The van der Waals surface area contributed by atoms with Gasteiger partial charge in [0.1, 0.15) is 10.6 Å². The summed E-state index contributed by atoms with van der Waals surface area (Å²) in [7, 11) is 3.13. The van der Waals surface area contributed by atoms with Gasteiger partial charge in [-0.3, -0.25) is 14.9 Å². The van der Waals surface area contributed by atoms with E-state index in [1.807, 2.05) is 17.0 Å². The Morgan fingerprint density at radius 1 is 1.24 bits per heavy atom. The Bertz CT molecular complexity index is 1190. The van der Waals surface area contributed by atoms with Crippen molar-refractivity contribution in [3.8, 4) is 11.5 Å². The van der Waals surface area contributed by atoms with E-state index in [2.05, 4.69) is 15.3 Å². The van der Waals surface area contributed by atoms with Gasteiger partial charge in [0.15, 0.2) is 11.5 Å². The Morgan fingerprint density at radius 3 is 2.61 bits per heavy atom. The number of fused-ring (bicyclic) bond motifs is 1.